The molecule has 0 amide bonds. The molecule has 1 aromatic rings. The van der Waals surface area contributed by atoms with E-state index in [0.29, 0.717) is 12.5 Å². The monoisotopic (exact) mass is 242 g/mol. The van der Waals surface area contributed by atoms with Gasteiger partial charge in [0.15, 0.2) is 0 Å². The van der Waals surface area contributed by atoms with Crippen LogP contribution >= 0.6 is 11.3 Å². The molecule has 0 aliphatic heterocycles. The molecule has 0 radical (unpaired) electrons. The molecule has 1 N–H and O–H groups in total. The Morgan fingerprint density at radius 2 is 2.12 bits per heavy atom. The summed E-state index contributed by atoms with van der Waals surface area (Å²) in [5.41, 5.74) is 0.450. The fourth-order valence-electron chi connectivity index (χ4n) is 1.65. The van der Waals surface area contributed by atoms with Crippen LogP contribution in [0.15, 0.2) is 5.38 Å². The van der Waals surface area contributed by atoms with Gasteiger partial charge in [0.2, 0.25) is 0 Å². The molecule has 1 rings (SSSR count). The van der Waals surface area contributed by atoms with Crippen molar-refractivity contribution < 1.29 is 5.11 Å². The predicted molar refractivity (Wildman–Crippen MR) is 68.8 cm³/mol. The van der Waals surface area contributed by atoms with E-state index in [9.17, 15) is 5.11 Å². The minimum Gasteiger partial charge on any atom is -0.389 e. The van der Waals surface area contributed by atoms with Crippen molar-refractivity contribution in [1.82, 2.24) is 9.88 Å². The first kappa shape index (κ1) is 13.6. The summed E-state index contributed by atoms with van der Waals surface area (Å²) in [4.78, 5) is 6.67. The van der Waals surface area contributed by atoms with Gasteiger partial charge in [0, 0.05) is 24.4 Å². The standard InChI is InChI=1S/C12H22N2OS/c1-9(2)11-13-10(7-16-11)6-14(5)8-12(3,4)15/h7,9,15H,6,8H2,1-5H3. The Bertz CT molecular complexity index is 328. The molecule has 0 unspecified atom stereocenters. The molecule has 1 aromatic heterocycles. The lowest BCUT2D eigenvalue weighted by molar-refractivity contribution is 0.0422. The molecule has 3 nitrogen and oxygen atoms in total. The average Bonchev–Trinajstić information content (AvgIpc) is 2.48. The van der Waals surface area contributed by atoms with Crippen molar-refractivity contribution in [2.24, 2.45) is 0 Å². The highest BCUT2D eigenvalue weighted by molar-refractivity contribution is 7.09. The van der Waals surface area contributed by atoms with Crippen LogP contribution in [-0.2, 0) is 6.54 Å². The highest BCUT2D eigenvalue weighted by Gasteiger charge is 2.16. The third-order valence-electron chi connectivity index (χ3n) is 2.15. The summed E-state index contributed by atoms with van der Waals surface area (Å²) in [6.45, 7) is 9.41. The van der Waals surface area contributed by atoms with E-state index in [1.165, 1.54) is 5.01 Å². The SMILES string of the molecule is CC(C)c1nc(CN(C)CC(C)(C)O)cs1. The molecule has 0 bridgehead atoms. The van der Waals surface area contributed by atoms with Gasteiger partial charge in [-0.05, 0) is 20.9 Å². The van der Waals surface area contributed by atoms with E-state index in [1.54, 1.807) is 11.3 Å². The number of hydrogen-bond acceptors (Lipinski definition) is 4. The van der Waals surface area contributed by atoms with Gasteiger partial charge in [-0.15, -0.1) is 11.3 Å². The molecule has 0 fully saturated rings. The van der Waals surface area contributed by atoms with Crippen LogP contribution in [0, 0.1) is 0 Å². The second kappa shape index (κ2) is 5.25. The van der Waals surface area contributed by atoms with E-state index in [-0.39, 0.29) is 0 Å². The Morgan fingerprint density at radius 1 is 1.50 bits per heavy atom. The van der Waals surface area contributed by atoms with E-state index in [1.807, 2.05) is 20.9 Å². The van der Waals surface area contributed by atoms with Gasteiger partial charge < -0.3 is 5.11 Å². The zero-order valence-electron chi connectivity index (χ0n) is 10.8. The summed E-state index contributed by atoms with van der Waals surface area (Å²) in [7, 11) is 2.01. The van der Waals surface area contributed by atoms with Crippen LogP contribution in [0.3, 0.4) is 0 Å². The van der Waals surface area contributed by atoms with E-state index in [0.717, 1.165) is 12.2 Å². The van der Waals surface area contributed by atoms with Crippen LogP contribution in [0.4, 0.5) is 0 Å². The second-order valence-corrected chi connectivity index (χ2v) is 6.21. The Labute approximate surface area is 102 Å². The molecule has 4 heteroatoms. The largest absolute Gasteiger partial charge is 0.389 e. The van der Waals surface area contributed by atoms with Crippen LogP contribution in [0.2, 0.25) is 0 Å². The first-order valence-electron chi connectivity index (χ1n) is 5.63. The van der Waals surface area contributed by atoms with Crippen molar-refractivity contribution in [3.05, 3.63) is 16.1 Å². The van der Waals surface area contributed by atoms with Gasteiger partial charge in [0.05, 0.1) is 16.3 Å². The van der Waals surface area contributed by atoms with Crippen LogP contribution in [0.25, 0.3) is 0 Å². The lowest BCUT2D eigenvalue weighted by Crippen LogP contribution is -2.35. The highest BCUT2D eigenvalue weighted by Crippen LogP contribution is 2.20. The predicted octanol–water partition coefficient (Wildman–Crippen LogP) is 2.47. The maximum Gasteiger partial charge on any atom is 0.0954 e. The summed E-state index contributed by atoms with van der Waals surface area (Å²) in [6, 6.07) is 0. The zero-order chi connectivity index (χ0) is 12.3. The number of hydrogen-bond donors (Lipinski definition) is 1. The van der Waals surface area contributed by atoms with Crippen molar-refractivity contribution in [2.45, 2.75) is 45.8 Å². The fourth-order valence-corrected chi connectivity index (χ4v) is 2.48. The number of aliphatic hydroxyl groups is 1. The van der Waals surface area contributed by atoms with Crippen LogP contribution in [-0.4, -0.2) is 34.2 Å². The van der Waals surface area contributed by atoms with E-state index in [2.05, 4.69) is 29.1 Å². The van der Waals surface area contributed by atoms with Crippen LogP contribution in [0.5, 0.6) is 0 Å². The molecule has 16 heavy (non-hydrogen) atoms. The van der Waals surface area contributed by atoms with Crippen molar-refractivity contribution in [3.63, 3.8) is 0 Å². The number of rotatable bonds is 5. The average molecular weight is 242 g/mol. The minimum atomic E-state index is -0.647. The van der Waals surface area contributed by atoms with Crippen molar-refractivity contribution in [2.75, 3.05) is 13.6 Å². The van der Waals surface area contributed by atoms with Crippen LogP contribution in [0.1, 0.15) is 44.3 Å². The minimum absolute atomic E-state index is 0.498. The number of nitrogens with zero attached hydrogens (tertiary/aromatic N) is 2. The molecule has 0 aromatic carbocycles. The van der Waals surface area contributed by atoms with E-state index < -0.39 is 5.60 Å². The topological polar surface area (TPSA) is 36.4 Å². The summed E-state index contributed by atoms with van der Waals surface area (Å²) in [5, 5.41) is 13.0. The molecule has 1 heterocycles. The maximum absolute atomic E-state index is 9.70. The highest BCUT2D eigenvalue weighted by atomic mass is 32.1. The molecule has 0 aliphatic carbocycles. The Hall–Kier alpha value is -0.450. The normalized spacial score (nSPS) is 12.8. The van der Waals surface area contributed by atoms with Gasteiger partial charge in [0.1, 0.15) is 0 Å². The molecule has 0 aliphatic rings. The summed E-state index contributed by atoms with van der Waals surface area (Å²) in [5.74, 6) is 0.498. The molecule has 0 saturated carbocycles. The van der Waals surface area contributed by atoms with Gasteiger partial charge in [-0.2, -0.15) is 0 Å². The van der Waals surface area contributed by atoms with E-state index >= 15 is 0 Å². The molecule has 0 saturated heterocycles. The number of aromatic nitrogens is 1. The van der Waals surface area contributed by atoms with Crippen LogP contribution < -0.4 is 0 Å². The quantitative estimate of drug-likeness (QED) is 0.861. The van der Waals surface area contributed by atoms with E-state index in [4.69, 9.17) is 0 Å². The van der Waals surface area contributed by atoms with Gasteiger partial charge in [-0.1, -0.05) is 13.8 Å². The lowest BCUT2D eigenvalue weighted by Gasteiger charge is -2.24. The number of likely N-dealkylation sites (N-methyl/N-ethyl adjacent to an activating group) is 1. The molecule has 92 valence electrons. The van der Waals surface area contributed by atoms with Gasteiger partial charge >= 0.3 is 0 Å². The van der Waals surface area contributed by atoms with Gasteiger partial charge in [-0.25, -0.2) is 4.98 Å². The Kier molecular flexibility index (Phi) is 4.47. The third kappa shape index (κ3) is 4.60. The third-order valence-corrected chi connectivity index (χ3v) is 3.35. The van der Waals surface area contributed by atoms with Crippen molar-refractivity contribution in [3.8, 4) is 0 Å². The van der Waals surface area contributed by atoms with Crippen molar-refractivity contribution >= 4 is 11.3 Å². The van der Waals surface area contributed by atoms with Crippen molar-refractivity contribution in [1.29, 1.82) is 0 Å². The maximum atomic E-state index is 9.70. The van der Waals surface area contributed by atoms with Gasteiger partial charge in [0.25, 0.3) is 0 Å². The zero-order valence-corrected chi connectivity index (χ0v) is 11.6. The van der Waals surface area contributed by atoms with Gasteiger partial charge in [-0.3, -0.25) is 4.90 Å². The summed E-state index contributed by atoms with van der Waals surface area (Å²) >= 11 is 1.72. The first-order valence-corrected chi connectivity index (χ1v) is 6.51. The Morgan fingerprint density at radius 3 is 2.56 bits per heavy atom. The lowest BCUT2D eigenvalue weighted by atomic mass is 10.1. The second-order valence-electron chi connectivity index (χ2n) is 5.32. The molecule has 0 atom stereocenters. The first-order chi connectivity index (χ1) is 7.28. The fraction of sp³-hybridized carbons (Fsp3) is 0.750. The smallest absolute Gasteiger partial charge is 0.0954 e. The summed E-state index contributed by atoms with van der Waals surface area (Å²) < 4.78 is 0. The molecular weight excluding hydrogens is 220 g/mol. The molecule has 0 spiro atoms. The number of thiazole rings is 1. The summed E-state index contributed by atoms with van der Waals surface area (Å²) in [6.07, 6.45) is 0. The molecular formula is C12H22N2OS. The Balaban J connectivity index is 2.53.